The number of nitrogens with two attached hydrogens (primary N) is 1. The number of esters is 1. The summed E-state index contributed by atoms with van der Waals surface area (Å²) in [5.41, 5.74) is 7.59. The molecule has 410 valence electrons. The summed E-state index contributed by atoms with van der Waals surface area (Å²) in [6.45, 7) is 19.1. The molecule has 4 rings (SSSR count). The summed E-state index contributed by atoms with van der Waals surface area (Å²) >= 11 is 0.997. The van der Waals surface area contributed by atoms with Gasteiger partial charge in [-0.3, -0.25) is 38.4 Å². The number of benzene rings is 1. The second-order valence-corrected chi connectivity index (χ2v) is 26.1. The fraction of sp³-hybridized carbons (Fsp3) is 0.612. The lowest BCUT2D eigenvalue weighted by atomic mass is 9.96. The first-order chi connectivity index (χ1) is 34.6. The van der Waals surface area contributed by atoms with Crippen LogP contribution in [0.3, 0.4) is 0 Å². The number of carbonyl (C=O) groups is 9. The van der Waals surface area contributed by atoms with E-state index in [9.17, 15) is 53.4 Å². The number of fused-ring (bicyclic) bond motifs is 3. The maximum Gasteiger partial charge on any atom is 0.326 e. The first-order valence-electron chi connectivity index (χ1n) is 24.6. The molecule has 2 aromatic rings. The quantitative estimate of drug-likeness (QED) is 0.0589. The van der Waals surface area contributed by atoms with E-state index >= 15 is 0 Å². The highest BCUT2D eigenvalue weighted by molar-refractivity contribution is 7.99. The Hall–Kier alpha value is -6.02. The fourth-order valence-corrected chi connectivity index (χ4v) is 10.7. The zero-order chi connectivity index (χ0) is 55.4. The van der Waals surface area contributed by atoms with Crippen LogP contribution in [0.2, 0.25) is 18.1 Å². The fourth-order valence-electron chi connectivity index (χ4n) is 8.05. The minimum atomic E-state index is -2.31. The van der Waals surface area contributed by atoms with Crippen molar-refractivity contribution >= 4 is 84.3 Å². The van der Waals surface area contributed by atoms with Crippen LogP contribution < -0.4 is 42.4 Å². The van der Waals surface area contributed by atoms with Crippen molar-refractivity contribution < 1.29 is 67.3 Å². The Bertz CT molecular complexity index is 2410. The Morgan fingerprint density at radius 3 is 2.28 bits per heavy atom. The average molecular weight is 1070 g/mol. The van der Waals surface area contributed by atoms with Gasteiger partial charge in [0.15, 0.2) is 8.32 Å². The highest BCUT2D eigenvalue weighted by Gasteiger charge is 2.44. The minimum Gasteiger partial charge on any atom is -0.497 e. The van der Waals surface area contributed by atoms with Crippen molar-refractivity contribution in [1.29, 1.82) is 0 Å². The van der Waals surface area contributed by atoms with E-state index in [0.29, 0.717) is 33.7 Å². The number of aromatic nitrogens is 1. The van der Waals surface area contributed by atoms with Gasteiger partial charge >= 0.3 is 11.9 Å². The molecule has 25 heteroatoms. The number of nitrogens with one attached hydrogen (secondary N) is 7. The molecule has 11 N–H and O–H groups in total. The van der Waals surface area contributed by atoms with E-state index < -0.39 is 148 Å². The summed E-state index contributed by atoms with van der Waals surface area (Å²) in [4.78, 5) is 127. The van der Waals surface area contributed by atoms with Crippen LogP contribution in [0.25, 0.3) is 10.9 Å². The number of hydrogen-bond acceptors (Lipinski definition) is 15. The van der Waals surface area contributed by atoms with Crippen LogP contribution in [-0.2, 0) is 58.7 Å². The predicted octanol–water partition coefficient (Wildman–Crippen LogP) is 0.582. The number of aliphatic carboxylic acids is 1. The molecule has 2 aliphatic heterocycles. The number of hydrogen-bond donors (Lipinski definition) is 10. The van der Waals surface area contributed by atoms with E-state index in [1.165, 1.54) is 13.2 Å². The number of likely N-dealkylation sites (tertiary alicyclic amines) is 1. The van der Waals surface area contributed by atoms with Crippen molar-refractivity contribution in [3.8, 4) is 5.75 Å². The number of β-amino-alcohol motifs (C(OH)–C–C–N with tert-alkyl or cyclic N) is 1. The number of thioether (sulfide) groups is 1. The molecule has 0 aliphatic carbocycles. The molecule has 0 saturated carbocycles. The number of rotatable bonds is 17. The van der Waals surface area contributed by atoms with Crippen LogP contribution >= 0.6 is 11.8 Å². The molecule has 7 amide bonds. The summed E-state index contributed by atoms with van der Waals surface area (Å²) < 4.78 is 17.1. The predicted molar refractivity (Wildman–Crippen MR) is 277 cm³/mol. The summed E-state index contributed by atoms with van der Waals surface area (Å²) in [5.74, 6) is -9.12. The van der Waals surface area contributed by atoms with Crippen molar-refractivity contribution in [3.63, 3.8) is 0 Å². The number of carboxylic acids is 1. The number of carboxylic acid groups (broad SMARTS) is 1. The summed E-state index contributed by atoms with van der Waals surface area (Å²) in [7, 11) is -0.837. The van der Waals surface area contributed by atoms with Gasteiger partial charge in [0, 0.05) is 48.6 Å². The highest BCUT2D eigenvalue weighted by Crippen LogP contribution is 2.38. The van der Waals surface area contributed by atoms with E-state index in [0.717, 1.165) is 16.7 Å². The van der Waals surface area contributed by atoms with Crippen LogP contribution in [0.15, 0.2) is 35.9 Å². The Morgan fingerprint density at radius 1 is 1.03 bits per heavy atom. The van der Waals surface area contributed by atoms with Gasteiger partial charge in [0.05, 0.1) is 49.3 Å². The molecular formula is C49H75N9O14SSi. The van der Waals surface area contributed by atoms with Crippen molar-refractivity contribution in [2.45, 2.75) is 146 Å². The van der Waals surface area contributed by atoms with Crippen LogP contribution in [-0.4, -0.2) is 169 Å². The van der Waals surface area contributed by atoms with Gasteiger partial charge in [-0.05, 0) is 48.7 Å². The van der Waals surface area contributed by atoms with Gasteiger partial charge in [-0.25, -0.2) is 4.79 Å². The number of ether oxygens (including phenoxy) is 2. The van der Waals surface area contributed by atoms with Crippen molar-refractivity contribution in [2.24, 2.45) is 17.6 Å². The molecule has 1 unspecified atom stereocenters. The third-order valence-corrected chi connectivity index (χ3v) is 19.6. The Labute approximate surface area is 436 Å². The Kier molecular flexibility index (Phi) is 21.6. The molecule has 1 saturated heterocycles. The lowest BCUT2D eigenvalue weighted by molar-refractivity contribution is -0.151. The SMILES string of the molecule is C=CCOC(=O)C[C@@H](NC(=O)[C@H]1CSc2[nH]c3cc(OC)ccc3c2C[C@@H](NC(=O)[C@@H](N)[C@@H](C)C(C)O[Si](C)(C)C(C)(C)C)C(=O)NCC(=O)N[C@@H]([C@@H](C)CC)C(=O)NCC(=O)N1)C(=O)N1C[C@H](O)C[C@H]1C(=O)O. The maximum atomic E-state index is 14.5. The largest absolute Gasteiger partial charge is 0.497 e. The zero-order valence-electron chi connectivity index (χ0n) is 43.9. The molecule has 0 radical (unpaired) electrons. The van der Waals surface area contributed by atoms with Gasteiger partial charge in [-0.2, -0.15) is 0 Å². The van der Waals surface area contributed by atoms with Crippen molar-refractivity contribution in [3.05, 3.63) is 36.4 Å². The second kappa shape index (κ2) is 26.5. The summed E-state index contributed by atoms with van der Waals surface area (Å²) in [6.07, 6.45) is -1.30. The highest BCUT2D eigenvalue weighted by atomic mass is 32.2. The number of aromatic amines is 1. The molecular weight excluding hydrogens is 999 g/mol. The molecule has 2 aliphatic rings. The van der Waals surface area contributed by atoms with Gasteiger partial charge < -0.3 is 71.6 Å². The van der Waals surface area contributed by atoms with Crippen LogP contribution in [0.5, 0.6) is 5.75 Å². The third kappa shape index (κ3) is 16.0. The minimum absolute atomic E-state index is 0.138. The van der Waals surface area contributed by atoms with Gasteiger partial charge in [-0.1, -0.05) is 60.6 Å². The molecule has 1 aromatic heterocycles. The standard InChI is InChI=1S/C49H75N9O14SSi/c1-12-16-71-39(62)20-34(47(67)58-23-28(59)17-36(58)48(68)69)55-43(64)35-24-73-46-31(30-15-14-29(70-9)18-32(30)56-46)19-33(54-44(65)40(50)26(4)27(5)72-74(10,11)49(6,7)8)42(63)51-22-38(61)57-41(25(3)13-2)45(66)52-21-37(60)53-35/h12,14-15,18,25-28,33-36,40-41,56,59H,1,13,16-17,19-24,50H2,2-11H3,(H,51,63)(H,52,66)(H,53,60)(H,54,65)(H,55,64)(H,57,61)(H,68,69)/t25-,26-,27?,28+,33+,34+,35+,36-,40-,41-/m0/s1. The zero-order valence-corrected chi connectivity index (χ0v) is 45.7. The van der Waals surface area contributed by atoms with Crippen LogP contribution in [0.4, 0.5) is 0 Å². The lowest BCUT2D eigenvalue weighted by Crippen LogP contribution is -2.58. The van der Waals surface area contributed by atoms with Crippen molar-refractivity contribution in [1.82, 2.24) is 41.8 Å². The van der Waals surface area contributed by atoms with E-state index in [1.54, 1.807) is 39.0 Å². The van der Waals surface area contributed by atoms with E-state index in [4.69, 9.17) is 19.6 Å². The molecule has 74 heavy (non-hydrogen) atoms. The first-order valence-corrected chi connectivity index (χ1v) is 28.5. The number of aliphatic hydroxyl groups excluding tert-OH is 1. The summed E-state index contributed by atoms with van der Waals surface area (Å²) in [6, 6.07) is -3.46. The number of aliphatic hydroxyl groups is 1. The Balaban J connectivity index is 1.81. The molecule has 3 heterocycles. The lowest BCUT2D eigenvalue weighted by Gasteiger charge is -2.40. The molecule has 1 aromatic carbocycles. The molecule has 1 fully saturated rings. The Morgan fingerprint density at radius 2 is 1.68 bits per heavy atom. The topological polar surface area (TPSA) is 339 Å². The van der Waals surface area contributed by atoms with Crippen molar-refractivity contribution in [2.75, 3.05) is 39.1 Å². The van der Waals surface area contributed by atoms with E-state index in [2.05, 4.69) is 77.3 Å². The third-order valence-electron chi connectivity index (χ3n) is 13.9. The molecule has 0 spiro atoms. The molecule has 0 bridgehead atoms. The number of H-pyrrole nitrogens is 1. The maximum absolute atomic E-state index is 14.5. The smallest absolute Gasteiger partial charge is 0.326 e. The van der Waals surface area contributed by atoms with Gasteiger partial charge in [0.1, 0.15) is 42.6 Å². The van der Waals surface area contributed by atoms with E-state index in [-0.39, 0.29) is 30.2 Å². The number of amides is 7. The van der Waals surface area contributed by atoms with Gasteiger partial charge in [0.2, 0.25) is 41.4 Å². The molecule has 23 nitrogen and oxygen atoms in total. The van der Waals surface area contributed by atoms with Gasteiger partial charge in [0.25, 0.3) is 0 Å². The average Bonchev–Trinajstić information content (AvgIpc) is 3.91. The second-order valence-electron chi connectivity index (χ2n) is 20.3. The van der Waals surface area contributed by atoms with E-state index in [1.807, 2.05) is 6.92 Å². The number of nitrogens with zero attached hydrogens (tertiary/aromatic N) is 1. The first kappa shape index (κ1) is 60.5. The van der Waals surface area contributed by atoms with Crippen LogP contribution in [0, 0.1) is 11.8 Å². The monoisotopic (exact) mass is 1070 g/mol. The molecule has 10 atom stereocenters. The number of carbonyl (C=O) groups excluding carboxylic acids is 8. The number of methoxy groups -OCH3 is 1. The van der Waals surface area contributed by atoms with Gasteiger partial charge in [-0.15, -0.1) is 11.8 Å². The summed E-state index contributed by atoms with van der Waals surface area (Å²) in [5, 5.41) is 36.6. The normalized spacial score (nSPS) is 22.6. The van der Waals surface area contributed by atoms with Crippen LogP contribution in [0.1, 0.15) is 73.3 Å².